The highest BCUT2D eigenvalue weighted by Crippen LogP contribution is 2.43. The Kier molecular flexibility index (Phi) is 5.20. The molecule has 1 amide bonds. The molecule has 1 atom stereocenters. The summed E-state index contributed by atoms with van der Waals surface area (Å²) in [6.45, 7) is 0.952. The molecule has 1 heterocycles. The number of nitrogens with one attached hydrogen (secondary N) is 2. The van der Waals surface area contributed by atoms with Gasteiger partial charge in [0.05, 0.1) is 0 Å². The number of carbonyl (C=O) groups is 1. The Bertz CT molecular complexity index is 927. The van der Waals surface area contributed by atoms with Crippen LogP contribution in [0.5, 0.6) is 5.75 Å². The Balaban J connectivity index is 1.51. The lowest BCUT2D eigenvalue weighted by Crippen LogP contribution is -2.42. The van der Waals surface area contributed by atoms with Crippen molar-refractivity contribution in [2.24, 2.45) is 11.1 Å². The number of amides is 1. The number of fused-ring (bicyclic) bond motifs is 1. The van der Waals surface area contributed by atoms with Gasteiger partial charge in [-0.15, -0.1) is 0 Å². The molecule has 0 aromatic heterocycles. The van der Waals surface area contributed by atoms with E-state index in [4.69, 9.17) is 5.73 Å². The summed E-state index contributed by atoms with van der Waals surface area (Å²) in [7, 11) is -4.20. The van der Waals surface area contributed by atoms with Crippen LogP contribution >= 0.6 is 0 Å². The smallest absolute Gasteiger partial charge is 0.326 e. The average molecular weight is 427 g/mol. The van der Waals surface area contributed by atoms with E-state index in [-0.39, 0.29) is 11.5 Å². The number of aryl methyl sites for hydroxylation is 1. The molecule has 1 aromatic rings. The highest BCUT2D eigenvalue weighted by atomic mass is 32.2. The molecule has 1 saturated heterocycles. The summed E-state index contributed by atoms with van der Waals surface area (Å²) in [5.41, 5.74) is 6.77. The van der Waals surface area contributed by atoms with Crippen LogP contribution in [0.2, 0.25) is 0 Å². The number of hydrogen-bond donors (Lipinski definition) is 4. The molecule has 10 heteroatoms. The van der Waals surface area contributed by atoms with Crippen molar-refractivity contribution in [2.45, 2.75) is 51.0 Å². The number of nitrogens with zero attached hydrogens (tertiary/aromatic N) is 1. The van der Waals surface area contributed by atoms with Crippen molar-refractivity contribution < 1.29 is 22.7 Å². The molecule has 8 nitrogen and oxygen atoms in total. The van der Waals surface area contributed by atoms with E-state index in [0.717, 1.165) is 32.2 Å². The molecule has 3 aliphatic rings. The van der Waals surface area contributed by atoms with Gasteiger partial charge in [0, 0.05) is 6.04 Å². The van der Waals surface area contributed by atoms with E-state index in [1.54, 1.807) is 4.72 Å². The third-order valence-corrected chi connectivity index (χ3v) is 8.01. The van der Waals surface area contributed by atoms with Crippen LogP contribution in [0.3, 0.4) is 0 Å². The number of carbonyl (C=O) groups excluding carboxylic acids is 1. The maximum absolute atomic E-state index is 15.3. The molecule has 2 aliphatic carbocycles. The second kappa shape index (κ2) is 7.41. The van der Waals surface area contributed by atoms with Gasteiger partial charge in [-0.05, 0) is 74.2 Å². The number of phenols is 1. The minimum atomic E-state index is -4.20. The lowest BCUT2D eigenvalue weighted by molar-refractivity contribution is -0.117. The van der Waals surface area contributed by atoms with Crippen molar-refractivity contribution in [3.8, 4) is 5.75 Å². The van der Waals surface area contributed by atoms with Crippen molar-refractivity contribution in [3.63, 3.8) is 0 Å². The van der Waals surface area contributed by atoms with E-state index in [9.17, 15) is 18.3 Å². The number of anilines is 1. The summed E-state index contributed by atoms with van der Waals surface area (Å²) in [5, 5.41) is 13.8. The van der Waals surface area contributed by atoms with Gasteiger partial charge in [0.2, 0.25) is 0 Å². The number of hydrogen-bond acceptors (Lipinski definition) is 6. The Morgan fingerprint density at radius 2 is 2.17 bits per heavy atom. The maximum Gasteiger partial charge on any atom is 0.326 e. The van der Waals surface area contributed by atoms with E-state index in [2.05, 4.69) is 5.32 Å². The van der Waals surface area contributed by atoms with Crippen molar-refractivity contribution in [3.05, 3.63) is 23.0 Å². The van der Waals surface area contributed by atoms with Crippen LogP contribution in [0.25, 0.3) is 0 Å². The van der Waals surface area contributed by atoms with Crippen molar-refractivity contribution >= 4 is 21.8 Å². The summed E-state index contributed by atoms with van der Waals surface area (Å²) >= 11 is 0. The van der Waals surface area contributed by atoms with Crippen LogP contribution in [-0.2, 0) is 27.8 Å². The van der Waals surface area contributed by atoms with Gasteiger partial charge in [0.25, 0.3) is 5.91 Å². The van der Waals surface area contributed by atoms with E-state index in [1.807, 2.05) is 0 Å². The molecule has 0 spiro atoms. The van der Waals surface area contributed by atoms with Gasteiger partial charge in [-0.25, -0.2) is 13.4 Å². The normalized spacial score (nSPS) is 24.7. The summed E-state index contributed by atoms with van der Waals surface area (Å²) in [6.07, 6.45) is 6.34. The van der Waals surface area contributed by atoms with Crippen LogP contribution in [0.4, 0.5) is 10.1 Å². The molecule has 4 rings (SSSR count). The quantitative estimate of drug-likeness (QED) is 0.530. The molecule has 5 N–H and O–H groups in total. The van der Waals surface area contributed by atoms with Gasteiger partial charge in [-0.3, -0.25) is 4.79 Å². The van der Waals surface area contributed by atoms with Crippen LogP contribution < -0.4 is 20.1 Å². The highest BCUT2D eigenvalue weighted by Gasteiger charge is 2.39. The largest absolute Gasteiger partial charge is 0.506 e. The molecular formula is C19H27FN4O4S. The number of rotatable bonds is 6. The summed E-state index contributed by atoms with van der Waals surface area (Å²) in [4.78, 5) is 11.5. The van der Waals surface area contributed by atoms with Gasteiger partial charge in [-0.1, -0.05) is 6.42 Å². The predicted molar refractivity (Wildman–Crippen MR) is 106 cm³/mol. The van der Waals surface area contributed by atoms with E-state index >= 15 is 4.39 Å². The molecule has 0 bridgehead atoms. The molecule has 1 aliphatic heterocycles. The molecule has 1 saturated carbocycles. The summed E-state index contributed by atoms with van der Waals surface area (Å²) in [5.74, 6) is -2.00. The number of halogens is 1. The van der Waals surface area contributed by atoms with Crippen LogP contribution in [0.15, 0.2) is 6.07 Å². The zero-order valence-electron chi connectivity index (χ0n) is 16.2. The molecule has 2 fully saturated rings. The lowest BCUT2D eigenvalue weighted by atomic mass is 9.67. The second-order valence-electron chi connectivity index (χ2n) is 8.43. The van der Waals surface area contributed by atoms with Gasteiger partial charge in [-0.2, -0.15) is 8.42 Å². The number of nitrogens with two attached hydrogens (primary N) is 1. The molecule has 1 aromatic carbocycles. The van der Waals surface area contributed by atoms with E-state index < -0.39 is 39.9 Å². The minimum Gasteiger partial charge on any atom is -0.506 e. The summed E-state index contributed by atoms with van der Waals surface area (Å²) in [6, 6.07) is 1.49. The SMILES string of the molecule is NCC1(CCN[C@@H]2CCc3cc(O)c(N4CC(=O)NS4(=O)=O)c(F)c3C2)CCC1. The monoisotopic (exact) mass is 426 g/mol. The van der Waals surface area contributed by atoms with E-state index in [0.29, 0.717) is 34.8 Å². The number of benzene rings is 1. The first-order chi connectivity index (χ1) is 13.7. The average Bonchev–Trinajstić information content (AvgIpc) is 2.90. The topological polar surface area (TPSA) is 125 Å². The fourth-order valence-corrected chi connectivity index (χ4v) is 5.83. The van der Waals surface area contributed by atoms with Crippen molar-refractivity contribution in [2.75, 3.05) is 23.9 Å². The fraction of sp³-hybridized carbons (Fsp3) is 0.632. The lowest BCUT2D eigenvalue weighted by Gasteiger charge is -2.41. The van der Waals surface area contributed by atoms with Gasteiger partial charge in [0.15, 0.2) is 5.82 Å². The summed E-state index contributed by atoms with van der Waals surface area (Å²) < 4.78 is 41.9. The second-order valence-corrected chi connectivity index (χ2v) is 10.0. The number of aromatic hydroxyl groups is 1. The first-order valence-corrected chi connectivity index (χ1v) is 11.5. The van der Waals surface area contributed by atoms with Crippen LogP contribution in [-0.4, -0.2) is 45.1 Å². The Morgan fingerprint density at radius 3 is 2.76 bits per heavy atom. The zero-order chi connectivity index (χ0) is 20.8. The Morgan fingerprint density at radius 1 is 1.41 bits per heavy atom. The third-order valence-electron chi connectivity index (χ3n) is 6.63. The van der Waals surface area contributed by atoms with Crippen LogP contribution in [0.1, 0.15) is 43.2 Å². The standard InChI is InChI=1S/C19H27FN4O4S/c20-17-14-9-13(22-7-6-19(11-21)4-1-5-19)3-2-12(14)8-15(25)18(17)24-10-16(26)23-29(24,27)28/h8,13,22,25H,1-7,9-11,21H2,(H,23,26)/t13-/m1/s1. The van der Waals surface area contributed by atoms with Gasteiger partial charge >= 0.3 is 10.2 Å². The molecular weight excluding hydrogens is 399 g/mol. The van der Waals surface area contributed by atoms with Crippen LogP contribution in [0, 0.1) is 11.2 Å². The van der Waals surface area contributed by atoms with Gasteiger partial charge in [0.1, 0.15) is 18.0 Å². The molecule has 0 unspecified atom stereocenters. The molecule has 0 radical (unpaired) electrons. The van der Waals surface area contributed by atoms with Crippen molar-refractivity contribution in [1.29, 1.82) is 0 Å². The zero-order valence-corrected chi connectivity index (χ0v) is 17.0. The molecule has 29 heavy (non-hydrogen) atoms. The fourth-order valence-electron chi connectivity index (χ4n) is 4.67. The van der Waals surface area contributed by atoms with Crippen molar-refractivity contribution in [1.82, 2.24) is 10.0 Å². The highest BCUT2D eigenvalue weighted by molar-refractivity contribution is 7.92. The third kappa shape index (κ3) is 3.69. The molecule has 160 valence electrons. The first kappa shape index (κ1) is 20.4. The van der Waals surface area contributed by atoms with E-state index in [1.165, 1.54) is 12.5 Å². The van der Waals surface area contributed by atoms with Gasteiger partial charge < -0.3 is 16.2 Å². The number of phenolic OH excluding ortho intramolecular Hbond substituents is 1. The first-order valence-electron chi connectivity index (χ1n) is 10.0. The Labute approximate surface area is 169 Å². The predicted octanol–water partition coefficient (Wildman–Crippen LogP) is 0.678. The maximum atomic E-state index is 15.3. The Hall–Kier alpha value is -1.91. The minimum absolute atomic E-state index is 0.0687.